The molecule has 0 spiro atoms. The molecule has 0 heterocycles. The lowest BCUT2D eigenvalue weighted by Gasteiger charge is -2.30. The lowest BCUT2D eigenvalue weighted by atomic mass is 9.79. The Bertz CT molecular complexity index is 181. The third-order valence-electron chi connectivity index (χ3n) is 4.84. The lowest BCUT2D eigenvalue weighted by molar-refractivity contribution is 0.0353. The molecule has 1 fully saturated rings. The van der Waals surface area contributed by atoms with Gasteiger partial charge in [0, 0.05) is 5.41 Å². The van der Waals surface area contributed by atoms with E-state index >= 15 is 0 Å². The van der Waals surface area contributed by atoms with E-state index in [0.717, 1.165) is 12.8 Å². The zero-order chi connectivity index (χ0) is 13.8. The van der Waals surface area contributed by atoms with Crippen molar-refractivity contribution < 1.29 is 10.2 Å². The van der Waals surface area contributed by atoms with Crippen LogP contribution in [0.5, 0.6) is 0 Å². The van der Waals surface area contributed by atoms with Crippen LogP contribution in [0, 0.1) is 5.41 Å². The van der Waals surface area contributed by atoms with Gasteiger partial charge in [-0.2, -0.15) is 0 Å². The largest absolute Gasteiger partial charge is 0.396 e. The summed E-state index contributed by atoms with van der Waals surface area (Å²) in [5, 5.41) is 19.3. The summed E-state index contributed by atoms with van der Waals surface area (Å²) in [4.78, 5) is 0. The minimum Gasteiger partial charge on any atom is -0.396 e. The van der Waals surface area contributed by atoms with Crippen LogP contribution >= 0.6 is 0 Å². The zero-order valence-electron chi connectivity index (χ0n) is 12.7. The number of rotatable bonds is 2. The second kappa shape index (κ2) is 10.7. The highest BCUT2D eigenvalue weighted by Crippen LogP contribution is 2.31. The molecule has 1 aliphatic rings. The molecule has 0 radical (unpaired) electrons. The van der Waals surface area contributed by atoms with Crippen molar-refractivity contribution in [2.24, 2.45) is 5.41 Å². The van der Waals surface area contributed by atoms with Gasteiger partial charge in [-0.25, -0.2) is 0 Å². The first kappa shape index (κ1) is 17.0. The molecule has 2 nitrogen and oxygen atoms in total. The number of hydrogen-bond acceptors (Lipinski definition) is 2. The van der Waals surface area contributed by atoms with E-state index in [1.807, 2.05) is 0 Å². The maximum Gasteiger partial charge on any atom is 0.0509 e. The van der Waals surface area contributed by atoms with Gasteiger partial charge in [0.1, 0.15) is 0 Å². The van der Waals surface area contributed by atoms with Gasteiger partial charge in [-0.3, -0.25) is 0 Å². The van der Waals surface area contributed by atoms with Gasteiger partial charge in [-0.1, -0.05) is 77.0 Å². The van der Waals surface area contributed by atoms with Gasteiger partial charge < -0.3 is 10.2 Å². The Morgan fingerprint density at radius 2 is 0.737 bits per heavy atom. The average Bonchev–Trinajstić information content (AvgIpc) is 2.46. The smallest absolute Gasteiger partial charge is 0.0509 e. The predicted molar refractivity (Wildman–Crippen MR) is 81.2 cm³/mol. The minimum atomic E-state index is -0.194. The Morgan fingerprint density at radius 3 is 1.00 bits per heavy atom. The third-order valence-corrected chi connectivity index (χ3v) is 4.84. The van der Waals surface area contributed by atoms with E-state index in [0.29, 0.717) is 0 Å². The molecule has 1 rings (SSSR count). The van der Waals surface area contributed by atoms with Gasteiger partial charge in [0.15, 0.2) is 0 Å². The molecular formula is C17H34O2. The van der Waals surface area contributed by atoms with Crippen molar-refractivity contribution in [1.29, 1.82) is 0 Å². The molecule has 0 unspecified atom stereocenters. The fourth-order valence-electron chi connectivity index (χ4n) is 3.26. The molecule has 0 bridgehead atoms. The second-order valence-corrected chi connectivity index (χ2v) is 6.56. The molecule has 0 aromatic rings. The molecule has 0 aromatic heterocycles. The summed E-state index contributed by atoms with van der Waals surface area (Å²) < 4.78 is 0. The van der Waals surface area contributed by atoms with Crippen LogP contribution in [0.2, 0.25) is 0 Å². The van der Waals surface area contributed by atoms with Crippen molar-refractivity contribution in [3.05, 3.63) is 0 Å². The molecule has 0 aliphatic heterocycles. The van der Waals surface area contributed by atoms with E-state index in [4.69, 9.17) is 0 Å². The molecule has 19 heavy (non-hydrogen) atoms. The van der Waals surface area contributed by atoms with Crippen LogP contribution in [0.25, 0.3) is 0 Å². The Hall–Kier alpha value is -0.0800. The molecule has 0 atom stereocenters. The fraction of sp³-hybridized carbons (Fsp3) is 1.00. The highest BCUT2D eigenvalue weighted by molar-refractivity contribution is 4.78. The van der Waals surface area contributed by atoms with Gasteiger partial charge in [0.05, 0.1) is 13.2 Å². The quantitative estimate of drug-likeness (QED) is 0.779. The minimum absolute atomic E-state index is 0.156. The Morgan fingerprint density at radius 1 is 0.474 bits per heavy atom. The van der Waals surface area contributed by atoms with Gasteiger partial charge in [-0.15, -0.1) is 0 Å². The predicted octanol–water partition coefficient (Wildman–Crippen LogP) is 4.43. The zero-order valence-corrected chi connectivity index (χ0v) is 12.7. The van der Waals surface area contributed by atoms with Crippen molar-refractivity contribution in [2.75, 3.05) is 13.2 Å². The standard InChI is InChI=1S/C17H34O2/c18-15-17(16-19)13-11-9-7-5-3-1-2-4-6-8-10-12-14-17/h18-19H,1-16H2. The highest BCUT2D eigenvalue weighted by Gasteiger charge is 2.27. The van der Waals surface area contributed by atoms with E-state index in [1.165, 1.54) is 77.0 Å². The molecule has 0 saturated heterocycles. The Kier molecular flexibility index (Phi) is 9.54. The molecule has 1 saturated carbocycles. The van der Waals surface area contributed by atoms with Crippen LogP contribution < -0.4 is 0 Å². The number of aliphatic hydroxyl groups is 2. The first-order valence-corrected chi connectivity index (χ1v) is 8.55. The molecule has 2 heteroatoms. The normalized spacial score (nSPS) is 24.3. The summed E-state index contributed by atoms with van der Waals surface area (Å²) in [5.74, 6) is 0. The number of aliphatic hydroxyl groups excluding tert-OH is 2. The molecular weight excluding hydrogens is 236 g/mol. The summed E-state index contributed by atoms with van der Waals surface area (Å²) in [6, 6.07) is 0. The maximum atomic E-state index is 9.63. The summed E-state index contributed by atoms with van der Waals surface area (Å²) in [7, 11) is 0. The maximum absolute atomic E-state index is 9.63. The number of hydrogen-bond donors (Lipinski definition) is 2. The van der Waals surface area contributed by atoms with Crippen LogP contribution in [0.4, 0.5) is 0 Å². The topological polar surface area (TPSA) is 40.5 Å². The van der Waals surface area contributed by atoms with Crippen LogP contribution in [0.3, 0.4) is 0 Å². The average molecular weight is 270 g/mol. The van der Waals surface area contributed by atoms with Crippen molar-refractivity contribution in [1.82, 2.24) is 0 Å². The third kappa shape index (κ3) is 7.31. The van der Waals surface area contributed by atoms with Crippen molar-refractivity contribution in [3.63, 3.8) is 0 Å². The van der Waals surface area contributed by atoms with Crippen molar-refractivity contribution >= 4 is 0 Å². The van der Waals surface area contributed by atoms with Gasteiger partial charge in [0.2, 0.25) is 0 Å². The Balaban J connectivity index is 2.37. The van der Waals surface area contributed by atoms with Crippen LogP contribution in [-0.4, -0.2) is 23.4 Å². The van der Waals surface area contributed by atoms with Gasteiger partial charge >= 0.3 is 0 Å². The van der Waals surface area contributed by atoms with Gasteiger partial charge in [-0.05, 0) is 12.8 Å². The van der Waals surface area contributed by atoms with Crippen LogP contribution in [0.15, 0.2) is 0 Å². The van der Waals surface area contributed by atoms with Crippen molar-refractivity contribution in [3.8, 4) is 0 Å². The first-order valence-electron chi connectivity index (χ1n) is 8.55. The molecule has 0 amide bonds. The SMILES string of the molecule is OCC1(CO)CCCCCCCCCCCCCC1. The van der Waals surface area contributed by atoms with Crippen LogP contribution in [0.1, 0.15) is 89.9 Å². The van der Waals surface area contributed by atoms with Crippen LogP contribution in [-0.2, 0) is 0 Å². The van der Waals surface area contributed by atoms with Crippen molar-refractivity contribution in [2.45, 2.75) is 89.9 Å². The molecule has 2 N–H and O–H groups in total. The molecule has 1 aliphatic carbocycles. The van der Waals surface area contributed by atoms with E-state index in [-0.39, 0.29) is 18.6 Å². The summed E-state index contributed by atoms with van der Waals surface area (Å²) in [6.07, 6.45) is 17.9. The molecule has 114 valence electrons. The van der Waals surface area contributed by atoms with E-state index in [2.05, 4.69) is 0 Å². The Labute approximate surface area is 119 Å². The van der Waals surface area contributed by atoms with E-state index < -0.39 is 0 Å². The van der Waals surface area contributed by atoms with Gasteiger partial charge in [0.25, 0.3) is 0 Å². The first-order chi connectivity index (χ1) is 9.33. The fourth-order valence-corrected chi connectivity index (χ4v) is 3.26. The highest BCUT2D eigenvalue weighted by atomic mass is 16.3. The molecule has 0 aromatic carbocycles. The van der Waals surface area contributed by atoms with E-state index in [1.54, 1.807) is 0 Å². The summed E-state index contributed by atoms with van der Waals surface area (Å²) in [6.45, 7) is 0.312. The monoisotopic (exact) mass is 270 g/mol. The lowest BCUT2D eigenvalue weighted by Crippen LogP contribution is -2.29. The summed E-state index contributed by atoms with van der Waals surface area (Å²) in [5.41, 5.74) is -0.194. The second-order valence-electron chi connectivity index (χ2n) is 6.56. The summed E-state index contributed by atoms with van der Waals surface area (Å²) >= 11 is 0. The van der Waals surface area contributed by atoms with E-state index in [9.17, 15) is 10.2 Å².